The Bertz CT molecular complexity index is 777. The fourth-order valence-corrected chi connectivity index (χ4v) is 5.67. The first-order chi connectivity index (χ1) is 18.2. The number of carbonyl (C=O) groups excluding carboxylic acids is 2. The highest BCUT2D eigenvalue weighted by atomic mass is 16.6. The minimum atomic E-state index is -3.11. The van der Waals surface area contributed by atoms with E-state index in [-0.39, 0.29) is 0 Å². The molecule has 39 heavy (non-hydrogen) atoms. The lowest BCUT2D eigenvalue weighted by Crippen LogP contribution is -2.79. The first-order valence-corrected chi connectivity index (χ1v) is 12.2. The van der Waals surface area contributed by atoms with Crippen molar-refractivity contribution < 1.29 is 85.1 Å². The van der Waals surface area contributed by atoms with Crippen LogP contribution in [0.15, 0.2) is 0 Å². The summed E-state index contributed by atoms with van der Waals surface area (Å²) in [6, 6.07) is 0. The second kappa shape index (κ2) is 12.3. The molecule has 0 aromatic carbocycles. The van der Waals surface area contributed by atoms with Gasteiger partial charge in [0.2, 0.25) is 5.78 Å². The Morgan fingerprint density at radius 3 is 0.974 bits per heavy atom. The van der Waals surface area contributed by atoms with E-state index in [0.29, 0.717) is 0 Å². The lowest BCUT2D eigenvalue weighted by molar-refractivity contribution is -0.339. The molecule has 0 saturated carbocycles. The van der Waals surface area contributed by atoms with Gasteiger partial charge >= 0.3 is 0 Å². The monoisotopic (exact) mass is 572 g/mol. The summed E-state index contributed by atoms with van der Waals surface area (Å²) < 4.78 is 16.7. The lowest BCUT2D eigenvalue weighted by atomic mass is 9.59. The fraction of sp³-hybridized carbons (Fsp3) is 0.909. The highest BCUT2D eigenvalue weighted by Gasteiger charge is 2.71. The normalized spacial score (nSPS) is 48.8. The summed E-state index contributed by atoms with van der Waals surface area (Å²) in [4.78, 5) is 26.6. The zero-order valence-corrected chi connectivity index (χ0v) is 20.7. The van der Waals surface area contributed by atoms with Crippen molar-refractivity contribution in [3.63, 3.8) is 0 Å². The van der Waals surface area contributed by atoms with E-state index in [1.54, 1.807) is 0 Å². The standard InChI is InChI=1S/C22H36O17/c1-5(26)18(36)22(19-15(33)12(30)9(27)6(2-23)37-19,20-16(34)13(31)10(28)7(3-24)38-20)21-17(35)14(32)11(29)8(4-25)39-21/h6-17,19-21,23-25,27-35H,2-4H2,1H3/t6-,7-,8-,9-,10-,11-,12+,13+,14+,15+,16+,17+,19?,20?,21?,22?/m1/s1. The molecule has 0 amide bonds. The van der Waals surface area contributed by atoms with Gasteiger partial charge in [-0.3, -0.25) is 9.59 Å². The van der Waals surface area contributed by atoms with E-state index < -0.39 is 128 Å². The smallest absolute Gasteiger partial charge is 0.212 e. The van der Waals surface area contributed by atoms with Crippen molar-refractivity contribution >= 4 is 11.6 Å². The number of hydrogen-bond donors (Lipinski definition) is 12. The van der Waals surface area contributed by atoms with Crippen molar-refractivity contribution in [2.45, 2.75) is 98.5 Å². The summed E-state index contributed by atoms with van der Waals surface area (Å²) in [7, 11) is 0. The molecule has 3 aliphatic rings. The lowest BCUT2D eigenvalue weighted by Gasteiger charge is -2.58. The number of ether oxygens (including phenoxy) is 3. The van der Waals surface area contributed by atoms with Crippen LogP contribution in [0, 0.1) is 5.41 Å². The van der Waals surface area contributed by atoms with Crippen LogP contribution in [-0.2, 0) is 23.8 Å². The number of hydrogen-bond acceptors (Lipinski definition) is 17. The molecule has 17 nitrogen and oxygen atoms in total. The van der Waals surface area contributed by atoms with E-state index >= 15 is 0 Å². The molecule has 0 aromatic rings. The molecular weight excluding hydrogens is 536 g/mol. The Morgan fingerprint density at radius 2 is 0.769 bits per heavy atom. The van der Waals surface area contributed by atoms with Crippen molar-refractivity contribution in [3.8, 4) is 0 Å². The predicted molar refractivity (Wildman–Crippen MR) is 119 cm³/mol. The maximum absolute atomic E-state index is 13.9. The summed E-state index contributed by atoms with van der Waals surface area (Å²) in [5.41, 5.74) is -3.11. The van der Waals surface area contributed by atoms with Crippen LogP contribution in [0.2, 0.25) is 0 Å². The Morgan fingerprint density at radius 1 is 0.513 bits per heavy atom. The van der Waals surface area contributed by atoms with Crippen LogP contribution in [-0.4, -0.2) is 184 Å². The van der Waals surface area contributed by atoms with Crippen molar-refractivity contribution in [3.05, 3.63) is 0 Å². The van der Waals surface area contributed by atoms with E-state index in [1.165, 1.54) is 0 Å². The van der Waals surface area contributed by atoms with E-state index in [0.717, 1.165) is 6.92 Å². The van der Waals surface area contributed by atoms with Gasteiger partial charge in [-0.15, -0.1) is 0 Å². The number of carbonyl (C=O) groups is 2. The molecule has 3 unspecified atom stereocenters. The van der Waals surface area contributed by atoms with Crippen LogP contribution in [0.3, 0.4) is 0 Å². The van der Waals surface area contributed by atoms with Crippen molar-refractivity contribution in [1.29, 1.82) is 0 Å². The van der Waals surface area contributed by atoms with Gasteiger partial charge in [0.05, 0.1) is 19.8 Å². The van der Waals surface area contributed by atoms with Crippen molar-refractivity contribution in [2.75, 3.05) is 19.8 Å². The molecule has 3 rings (SSSR count). The Kier molecular flexibility index (Phi) is 10.2. The average molecular weight is 573 g/mol. The van der Waals surface area contributed by atoms with Crippen LogP contribution < -0.4 is 0 Å². The molecule has 15 atom stereocenters. The second-order valence-electron chi connectivity index (χ2n) is 10.1. The van der Waals surface area contributed by atoms with E-state index in [9.17, 15) is 70.9 Å². The van der Waals surface area contributed by atoms with Crippen molar-refractivity contribution in [2.24, 2.45) is 5.41 Å². The van der Waals surface area contributed by atoms with Gasteiger partial charge in [0.1, 0.15) is 97.0 Å². The van der Waals surface area contributed by atoms with Gasteiger partial charge in [0.25, 0.3) is 0 Å². The number of aliphatic hydroxyl groups is 12. The molecule has 0 aromatic heterocycles. The molecule has 12 N–H and O–H groups in total. The van der Waals surface area contributed by atoms with Gasteiger partial charge in [-0.25, -0.2) is 0 Å². The third-order valence-corrected chi connectivity index (χ3v) is 7.80. The van der Waals surface area contributed by atoms with Gasteiger partial charge in [0.15, 0.2) is 5.78 Å². The van der Waals surface area contributed by atoms with Gasteiger partial charge in [-0.2, -0.15) is 0 Å². The maximum Gasteiger partial charge on any atom is 0.212 e. The molecule has 3 aliphatic heterocycles. The first-order valence-electron chi connectivity index (χ1n) is 12.2. The topological polar surface area (TPSA) is 305 Å². The fourth-order valence-electron chi connectivity index (χ4n) is 5.67. The Labute approximate surface area is 221 Å². The Balaban J connectivity index is 2.37. The first kappa shape index (κ1) is 32.3. The highest BCUT2D eigenvalue weighted by Crippen LogP contribution is 2.49. The molecule has 226 valence electrons. The third-order valence-electron chi connectivity index (χ3n) is 7.80. The molecule has 0 spiro atoms. The molecule has 0 bridgehead atoms. The molecule has 3 fully saturated rings. The summed E-state index contributed by atoms with van der Waals surface area (Å²) in [5.74, 6) is -3.01. The van der Waals surface area contributed by atoms with Crippen LogP contribution >= 0.6 is 0 Å². The quantitative estimate of drug-likeness (QED) is 0.120. The second-order valence-corrected chi connectivity index (χ2v) is 10.1. The van der Waals surface area contributed by atoms with Crippen molar-refractivity contribution in [1.82, 2.24) is 0 Å². The van der Waals surface area contributed by atoms with E-state index in [1.807, 2.05) is 0 Å². The van der Waals surface area contributed by atoms with Crippen LogP contribution in [0.25, 0.3) is 0 Å². The van der Waals surface area contributed by atoms with Gasteiger partial charge in [-0.1, -0.05) is 0 Å². The summed E-state index contributed by atoms with van der Waals surface area (Å²) in [6.07, 6.45) is -31.9. The minimum absolute atomic E-state index is 0.717. The predicted octanol–water partition coefficient (Wildman–Crippen LogP) is -8.34. The summed E-state index contributed by atoms with van der Waals surface area (Å²) >= 11 is 0. The summed E-state index contributed by atoms with van der Waals surface area (Å²) in [5, 5.41) is 125. The molecular formula is C22H36O17. The number of rotatable bonds is 8. The summed E-state index contributed by atoms with van der Waals surface area (Å²) in [6.45, 7) is -2.38. The largest absolute Gasteiger partial charge is 0.394 e. The third kappa shape index (κ3) is 5.16. The average Bonchev–Trinajstić information content (AvgIpc) is 2.91. The van der Waals surface area contributed by atoms with E-state index in [4.69, 9.17) is 14.2 Å². The van der Waals surface area contributed by atoms with E-state index in [2.05, 4.69) is 0 Å². The molecule has 0 radical (unpaired) electrons. The minimum Gasteiger partial charge on any atom is -0.394 e. The number of Topliss-reactive ketones (excluding diaryl/α,β-unsaturated/α-hetero) is 2. The van der Waals surface area contributed by atoms with Gasteiger partial charge < -0.3 is 75.5 Å². The van der Waals surface area contributed by atoms with Gasteiger partial charge in [0, 0.05) is 6.92 Å². The highest BCUT2D eigenvalue weighted by molar-refractivity contribution is 6.38. The van der Waals surface area contributed by atoms with Crippen LogP contribution in [0.1, 0.15) is 6.92 Å². The Hall–Kier alpha value is -1.26. The zero-order chi connectivity index (χ0) is 29.6. The number of aliphatic hydroxyl groups excluding tert-OH is 12. The zero-order valence-electron chi connectivity index (χ0n) is 20.7. The molecule has 17 heteroatoms. The van der Waals surface area contributed by atoms with Crippen LogP contribution in [0.4, 0.5) is 0 Å². The maximum atomic E-state index is 13.9. The number of ketones is 2. The molecule has 0 aliphatic carbocycles. The van der Waals surface area contributed by atoms with Gasteiger partial charge in [-0.05, 0) is 0 Å². The SMILES string of the molecule is CC(=O)C(=O)C(C1O[C@H](CO)[C@@H](O)[C@H](O)[C@@H]1O)(C1O[C@H](CO)[C@@H](O)[C@H](O)[C@@H]1O)C1O[C@H](CO)[C@@H](O)[C@H](O)[C@@H]1O. The molecule has 3 saturated heterocycles. The molecule has 3 heterocycles. The van der Waals surface area contributed by atoms with Crippen LogP contribution in [0.5, 0.6) is 0 Å².